The fraction of sp³-hybridized carbons (Fsp3) is 0.318. The standard InChI is InChI=1S/C44H42O16/c1-3-37(45)51-17-5-7-19-53-43(49)57-33-15-13-27-21-31(11-9-29(27)23-33)41(47)59-35-25-55-40-36(26-56-39(35)40)60-42(48)32-12-10-30-24-34(16-14-28(30)22-32)58-44(50)54-20-8-6-18-52-38(46)4-2/h3-4,9-16,21-24,35-36,39-40H,1-2,5-8,17-20,25-26H2/t35-,36-,39?,40?/m1/s1. The lowest BCUT2D eigenvalue weighted by Crippen LogP contribution is -2.36. The predicted octanol–water partition coefficient (Wildman–Crippen LogP) is 6.59. The molecule has 0 spiro atoms. The smallest absolute Gasteiger partial charge is 0.463 e. The summed E-state index contributed by atoms with van der Waals surface area (Å²) < 4.78 is 53.8. The summed E-state index contributed by atoms with van der Waals surface area (Å²) in [4.78, 5) is 72.8. The van der Waals surface area contributed by atoms with E-state index in [1.54, 1.807) is 72.8 Å². The Balaban J connectivity index is 0.937. The summed E-state index contributed by atoms with van der Waals surface area (Å²) in [5.41, 5.74) is 0.567. The molecule has 2 aliphatic rings. The number of rotatable bonds is 18. The maximum Gasteiger partial charge on any atom is 0.513 e. The Morgan fingerprint density at radius 1 is 0.517 bits per heavy atom. The highest BCUT2D eigenvalue weighted by molar-refractivity contribution is 5.97. The third kappa shape index (κ3) is 11.7. The molecule has 2 saturated heterocycles. The summed E-state index contributed by atoms with van der Waals surface area (Å²) in [6, 6.07) is 19.7. The summed E-state index contributed by atoms with van der Waals surface area (Å²) in [5.74, 6) is -1.72. The second-order valence-corrected chi connectivity index (χ2v) is 13.5. The zero-order valence-corrected chi connectivity index (χ0v) is 32.4. The zero-order valence-electron chi connectivity index (χ0n) is 32.4. The Kier molecular flexibility index (Phi) is 14.8. The molecule has 0 aromatic heterocycles. The van der Waals surface area contributed by atoms with Crippen LogP contribution in [0.2, 0.25) is 0 Å². The van der Waals surface area contributed by atoms with Crippen molar-refractivity contribution in [3.05, 3.63) is 109 Å². The van der Waals surface area contributed by atoms with Gasteiger partial charge in [0.1, 0.15) is 23.7 Å². The van der Waals surface area contributed by atoms with Gasteiger partial charge in [-0.15, -0.1) is 0 Å². The van der Waals surface area contributed by atoms with E-state index in [0.717, 1.165) is 12.2 Å². The van der Waals surface area contributed by atoms with Gasteiger partial charge < -0.3 is 47.4 Å². The van der Waals surface area contributed by atoms with Crippen LogP contribution in [0.25, 0.3) is 21.5 Å². The average Bonchev–Trinajstić information content (AvgIpc) is 3.85. The molecule has 0 radical (unpaired) electrons. The van der Waals surface area contributed by atoms with Crippen molar-refractivity contribution in [1.82, 2.24) is 0 Å². The Bertz CT molecular complexity index is 2090. The molecule has 0 saturated carbocycles. The van der Waals surface area contributed by atoms with Gasteiger partial charge in [-0.3, -0.25) is 0 Å². The van der Waals surface area contributed by atoms with Crippen LogP contribution in [0.15, 0.2) is 98.1 Å². The van der Waals surface area contributed by atoms with Crippen molar-refractivity contribution in [2.24, 2.45) is 0 Å². The Hall–Kier alpha value is -6.78. The molecule has 4 aromatic carbocycles. The van der Waals surface area contributed by atoms with E-state index in [9.17, 15) is 28.8 Å². The van der Waals surface area contributed by atoms with Crippen LogP contribution in [0.4, 0.5) is 9.59 Å². The van der Waals surface area contributed by atoms with Crippen molar-refractivity contribution >= 4 is 57.7 Å². The lowest BCUT2D eigenvalue weighted by Gasteiger charge is -2.17. The van der Waals surface area contributed by atoms with Crippen molar-refractivity contribution in [2.75, 3.05) is 39.6 Å². The minimum atomic E-state index is -0.879. The third-order valence-electron chi connectivity index (χ3n) is 9.32. The van der Waals surface area contributed by atoms with E-state index in [-0.39, 0.29) is 62.3 Å². The highest BCUT2D eigenvalue weighted by Gasteiger charge is 2.51. The number of benzene rings is 4. The molecule has 2 aliphatic heterocycles. The molecule has 2 fully saturated rings. The summed E-state index contributed by atoms with van der Waals surface area (Å²) in [6.07, 6.45) is -0.421. The highest BCUT2D eigenvalue weighted by Crippen LogP contribution is 2.32. The van der Waals surface area contributed by atoms with Crippen LogP contribution in [0, 0.1) is 0 Å². The molecule has 0 bridgehead atoms. The molecule has 16 heteroatoms. The molecule has 0 aliphatic carbocycles. The van der Waals surface area contributed by atoms with E-state index in [4.69, 9.17) is 47.4 Å². The summed E-state index contributed by atoms with van der Waals surface area (Å²) >= 11 is 0. The SMILES string of the molecule is C=CC(=O)OCCCCOC(=O)Oc1ccc2cc(C(=O)O[C@@H]3COC4C3OC[C@H]4OC(=O)c3ccc4cc(OC(=O)OCCCCOC(=O)C=C)ccc4c3)ccc2c1. The number of hydrogen-bond donors (Lipinski definition) is 0. The summed E-state index contributed by atoms with van der Waals surface area (Å²) in [6.45, 7) is 7.28. The molecule has 60 heavy (non-hydrogen) atoms. The van der Waals surface area contributed by atoms with Crippen molar-refractivity contribution < 1.29 is 76.1 Å². The van der Waals surface area contributed by atoms with E-state index in [0.29, 0.717) is 47.2 Å². The van der Waals surface area contributed by atoms with Gasteiger partial charge in [-0.2, -0.15) is 0 Å². The number of ether oxygens (including phenoxy) is 10. The maximum absolute atomic E-state index is 13.2. The van der Waals surface area contributed by atoms with Gasteiger partial charge >= 0.3 is 36.2 Å². The fourth-order valence-corrected chi connectivity index (χ4v) is 6.30. The minimum absolute atomic E-state index is 0.0451. The lowest BCUT2D eigenvalue weighted by molar-refractivity contribution is -0.138. The van der Waals surface area contributed by atoms with Gasteiger partial charge in [0.05, 0.1) is 50.8 Å². The molecule has 314 valence electrons. The van der Waals surface area contributed by atoms with Gasteiger partial charge in [0.25, 0.3) is 0 Å². The molecular formula is C44H42O16. The molecule has 4 aromatic rings. The first-order chi connectivity index (χ1) is 29.1. The van der Waals surface area contributed by atoms with Crippen LogP contribution in [-0.4, -0.2) is 100 Å². The summed E-state index contributed by atoms with van der Waals surface area (Å²) in [7, 11) is 0. The van der Waals surface area contributed by atoms with E-state index >= 15 is 0 Å². The molecule has 0 amide bonds. The first-order valence-electron chi connectivity index (χ1n) is 19.1. The number of fused-ring (bicyclic) bond motifs is 3. The first-order valence-corrected chi connectivity index (χ1v) is 19.1. The van der Waals surface area contributed by atoms with Crippen molar-refractivity contribution in [3.8, 4) is 11.5 Å². The normalized spacial score (nSPS) is 17.8. The largest absolute Gasteiger partial charge is 0.513 e. The molecule has 2 unspecified atom stereocenters. The lowest BCUT2D eigenvalue weighted by atomic mass is 10.1. The monoisotopic (exact) mass is 826 g/mol. The van der Waals surface area contributed by atoms with E-state index < -0.39 is 60.6 Å². The van der Waals surface area contributed by atoms with Gasteiger partial charge in [0, 0.05) is 12.2 Å². The van der Waals surface area contributed by atoms with E-state index in [1.807, 2.05) is 0 Å². The molecule has 16 nitrogen and oxygen atoms in total. The highest BCUT2D eigenvalue weighted by atomic mass is 16.7. The van der Waals surface area contributed by atoms with Crippen molar-refractivity contribution in [2.45, 2.75) is 50.1 Å². The topological polar surface area (TPSA) is 195 Å². The van der Waals surface area contributed by atoms with E-state index in [2.05, 4.69) is 13.2 Å². The summed E-state index contributed by atoms with van der Waals surface area (Å²) in [5, 5.41) is 2.79. The number of carbonyl (C=O) groups excluding carboxylic acids is 6. The quantitative estimate of drug-likeness (QED) is 0.0342. The van der Waals surface area contributed by atoms with Crippen LogP contribution in [-0.2, 0) is 47.5 Å². The Labute approximate surface area is 343 Å². The number of esters is 4. The molecule has 6 rings (SSSR count). The molecule has 0 N–H and O–H groups in total. The second-order valence-electron chi connectivity index (χ2n) is 13.5. The number of hydrogen-bond acceptors (Lipinski definition) is 16. The van der Waals surface area contributed by atoms with Crippen molar-refractivity contribution in [3.63, 3.8) is 0 Å². The first kappa shape index (κ1) is 42.8. The van der Waals surface area contributed by atoms with Crippen LogP contribution in [0.5, 0.6) is 11.5 Å². The zero-order chi connectivity index (χ0) is 42.4. The molecule has 2 heterocycles. The number of carbonyl (C=O) groups is 6. The van der Waals surface area contributed by atoms with Crippen LogP contribution < -0.4 is 9.47 Å². The van der Waals surface area contributed by atoms with Crippen LogP contribution in [0.1, 0.15) is 46.4 Å². The van der Waals surface area contributed by atoms with Crippen LogP contribution in [0.3, 0.4) is 0 Å². The van der Waals surface area contributed by atoms with Crippen molar-refractivity contribution in [1.29, 1.82) is 0 Å². The Morgan fingerprint density at radius 2 is 0.883 bits per heavy atom. The Morgan fingerprint density at radius 3 is 1.28 bits per heavy atom. The predicted molar refractivity (Wildman–Crippen MR) is 211 cm³/mol. The van der Waals surface area contributed by atoms with Crippen LogP contribution >= 0.6 is 0 Å². The minimum Gasteiger partial charge on any atom is -0.463 e. The molecular weight excluding hydrogens is 784 g/mol. The van der Waals surface area contributed by atoms with Gasteiger partial charge in [-0.1, -0.05) is 37.4 Å². The van der Waals surface area contributed by atoms with Gasteiger partial charge in [0.2, 0.25) is 0 Å². The maximum atomic E-state index is 13.2. The fourth-order valence-electron chi connectivity index (χ4n) is 6.30. The van der Waals surface area contributed by atoms with E-state index in [1.165, 1.54) is 0 Å². The third-order valence-corrected chi connectivity index (χ3v) is 9.32. The second kappa shape index (κ2) is 20.8. The van der Waals surface area contributed by atoms with Gasteiger partial charge in [-0.05, 0) is 95.8 Å². The average molecular weight is 827 g/mol. The van der Waals surface area contributed by atoms with Gasteiger partial charge in [0.15, 0.2) is 12.2 Å². The molecule has 4 atom stereocenters. The van der Waals surface area contributed by atoms with Gasteiger partial charge in [-0.25, -0.2) is 28.8 Å². The number of unbranched alkanes of at least 4 members (excludes halogenated alkanes) is 2.